The van der Waals surface area contributed by atoms with Gasteiger partial charge in [0.05, 0.1) is 10.5 Å². The molecule has 96 valence electrons. The number of carbonyl (C=O) groups is 1. The third kappa shape index (κ3) is 3.36. The minimum atomic E-state index is -0.530. The Labute approximate surface area is 109 Å². The molecule has 0 saturated carbocycles. The number of nitro benzene ring substituents is 1. The number of rotatable bonds is 4. The van der Waals surface area contributed by atoms with E-state index in [1.165, 1.54) is 24.3 Å². The zero-order valence-corrected chi connectivity index (χ0v) is 9.95. The summed E-state index contributed by atoms with van der Waals surface area (Å²) in [5.41, 5.74) is 5.15. The van der Waals surface area contributed by atoms with E-state index in [0.29, 0.717) is 0 Å². The first-order valence-electron chi connectivity index (χ1n) is 5.60. The topological polar surface area (TPSA) is 88.8 Å². The maximum absolute atomic E-state index is 11.8. The molecule has 0 heterocycles. The number of nitrogens with two attached hydrogens (primary N) is 1. The van der Waals surface area contributed by atoms with Gasteiger partial charge in [0, 0.05) is 24.3 Å². The zero-order valence-electron chi connectivity index (χ0n) is 9.95. The Balaban J connectivity index is 2.04. The van der Waals surface area contributed by atoms with Crippen molar-refractivity contribution in [2.75, 3.05) is 0 Å². The van der Waals surface area contributed by atoms with E-state index in [-0.39, 0.29) is 17.2 Å². The van der Waals surface area contributed by atoms with Crippen molar-refractivity contribution in [2.24, 2.45) is 0 Å². The van der Waals surface area contributed by atoms with Gasteiger partial charge in [0.15, 0.2) is 5.69 Å². The molecule has 0 spiro atoms. The Kier molecular flexibility index (Phi) is 3.84. The van der Waals surface area contributed by atoms with Crippen molar-refractivity contribution < 1.29 is 15.1 Å². The molecule has 0 fully saturated rings. The van der Waals surface area contributed by atoms with E-state index < -0.39 is 4.92 Å². The SMILES string of the molecule is O=C(N[NH2+]c1ccccc1)c1cccc([N+](=O)[O-])c1. The van der Waals surface area contributed by atoms with Gasteiger partial charge in [0.1, 0.15) is 0 Å². The molecule has 0 radical (unpaired) electrons. The van der Waals surface area contributed by atoms with Gasteiger partial charge in [-0.1, -0.05) is 24.3 Å². The third-order valence-electron chi connectivity index (χ3n) is 2.49. The van der Waals surface area contributed by atoms with Gasteiger partial charge in [-0.2, -0.15) is 5.43 Å². The van der Waals surface area contributed by atoms with Crippen LogP contribution in [-0.2, 0) is 0 Å². The van der Waals surface area contributed by atoms with E-state index in [1.54, 1.807) is 5.43 Å². The lowest BCUT2D eigenvalue weighted by Gasteiger charge is -2.03. The number of quaternary nitrogens is 1. The summed E-state index contributed by atoms with van der Waals surface area (Å²) in [6.45, 7) is 0. The number of non-ortho nitro benzene ring substituents is 1. The third-order valence-corrected chi connectivity index (χ3v) is 2.49. The molecule has 0 aliphatic heterocycles. The van der Waals surface area contributed by atoms with E-state index >= 15 is 0 Å². The van der Waals surface area contributed by atoms with Crippen molar-refractivity contribution in [2.45, 2.75) is 0 Å². The van der Waals surface area contributed by atoms with Crippen molar-refractivity contribution in [3.8, 4) is 0 Å². The molecule has 6 nitrogen and oxygen atoms in total. The second-order valence-corrected chi connectivity index (χ2v) is 3.84. The summed E-state index contributed by atoms with van der Waals surface area (Å²) >= 11 is 0. The lowest BCUT2D eigenvalue weighted by molar-refractivity contribution is -0.618. The molecule has 0 atom stereocenters. The van der Waals surface area contributed by atoms with Crippen molar-refractivity contribution >= 4 is 17.3 Å². The van der Waals surface area contributed by atoms with E-state index in [2.05, 4.69) is 5.43 Å². The van der Waals surface area contributed by atoms with Crippen LogP contribution in [0.1, 0.15) is 10.4 Å². The molecule has 0 aliphatic carbocycles. The van der Waals surface area contributed by atoms with Gasteiger partial charge < -0.3 is 0 Å². The molecule has 0 aliphatic rings. The Morgan fingerprint density at radius 3 is 2.53 bits per heavy atom. The fourth-order valence-electron chi connectivity index (χ4n) is 1.54. The Morgan fingerprint density at radius 2 is 1.84 bits per heavy atom. The molecule has 0 saturated heterocycles. The predicted molar refractivity (Wildman–Crippen MR) is 68.6 cm³/mol. The van der Waals surface area contributed by atoms with E-state index in [9.17, 15) is 14.9 Å². The van der Waals surface area contributed by atoms with Gasteiger partial charge in [-0.25, -0.2) is 5.43 Å². The summed E-state index contributed by atoms with van der Waals surface area (Å²) in [4.78, 5) is 21.9. The van der Waals surface area contributed by atoms with Crippen LogP contribution in [0.2, 0.25) is 0 Å². The van der Waals surface area contributed by atoms with Crippen LogP contribution < -0.4 is 10.9 Å². The molecule has 0 unspecified atom stereocenters. The summed E-state index contributed by atoms with van der Waals surface area (Å²) in [5.74, 6) is -0.382. The van der Waals surface area contributed by atoms with Crippen LogP contribution in [0.3, 0.4) is 0 Å². The maximum atomic E-state index is 11.8. The Bertz CT molecular complexity index is 599. The zero-order chi connectivity index (χ0) is 13.7. The van der Waals surface area contributed by atoms with E-state index in [0.717, 1.165) is 5.69 Å². The van der Waals surface area contributed by atoms with Gasteiger partial charge in [0.25, 0.3) is 11.6 Å². The number of hydrogen-bond acceptors (Lipinski definition) is 3. The highest BCUT2D eigenvalue weighted by atomic mass is 16.6. The normalized spacial score (nSPS) is 9.89. The summed E-state index contributed by atoms with van der Waals surface area (Å²) in [6, 6.07) is 14.9. The van der Waals surface area contributed by atoms with Crippen LogP contribution in [-0.4, -0.2) is 10.8 Å². The minimum Gasteiger partial charge on any atom is -0.264 e. The number of amides is 1. The van der Waals surface area contributed by atoms with E-state index in [4.69, 9.17) is 0 Å². The number of benzene rings is 2. The molecule has 2 rings (SSSR count). The van der Waals surface area contributed by atoms with Gasteiger partial charge in [-0.15, -0.1) is 0 Å². The summed E-state index contributed by atoms with van der Waals surface area (Å²) in [6.07, 6.45) is 0. The second kappa shape index (κ2) is 5.74. The highest BCUT2D eigenvalue weighted by Crippen LogP contribution is 2.12. The van der Waals surface area contributed by atoms with Crippen molar-refractivity contribution in [1.29, 1.82) is 0 Å². The molecule has 6 heteroatoms. The number of hydrogen-bond donors (Lipinski definition) is 2. The average Bonchev–Trinajstić information content (AvgIpc) is 2.46. The van der Waals surface area contributed by atoms with Gasteiger partial charge in [-0.05, 0) is 6.07 Å². The second-order valence-electron chi connectivity index (χ2n) is 3.84. The largest absolute Gasteiger partial charge is 0.296 e. The first-order chi connectivity index (χ1) is 9.16. The fraction of sp³-hybridized carbons (Fsp3) is 0. The number of carbonyl (C=O) groups excluding carboxylic acids is 1. The molecule has 19 heavy (non-hydrogen) atoms. The van der Waals surface area contributed by atoms with E-state index in [1.807, 2.05) is 30.3 Å². The Hall–Kier alpha value is -2.73. The summed E-state index contributed by atoms with van der Waals surface area (Å²) < 4.78 is 0. The van der Waals surface area contributed by atoms with Crippen LogP contribution >= 0.6 is 0 Å². The molecular weight excluding hydrogens is 246 g/mol. The molecule has 1 amide bonds. The number of nitrogens with zero attached hydrogens (tertiary/aromatic N) is 1. The number of para-hydroxylation sites is 1. The van der Waals surface area contributed by atoms with Gasteiger partial charge in [0.2, 0.25) is 0 Å². The van der Waals surface area contributed by atoms with Crippen LogP contribution in [0.25, 0.3) is 0 Å². The van der Waals surface area contributed by atoms with Crippen LogP contribution in [0, 0.1) is 10.1 Å². The van der Waals surface area contributed by atoms with Gasteiger partial charge in [-0.3, -0.25) is 14.9 Å². The molecule has 2 aromatic carbocycles. The molecule has 2 aromatic rings. The standard InChI is InChI=1S/C13H11N3O3/c17-13(15-14-11-6-2-1-3-7-11)10-5-4-8-12(9-10)16(18)19/h1-9,14H,(H,15,17)/p+1. The highest BCUT2D eigenvalue weighted by Gasteiger charge is 2.12. The highest BCUT2D eigenvalue weighted by molar-refractivity contribution is 5.93. The first-order valence-corrected chi connectivity index (χ1v) is 5.60. The smallest absolute Gasteiger partial charge is 0.264 e. The Morgan fingerprint density at radius 1 is 1.11 bits per heavy atom. The van der Waals surface area contributed by atoms with Gasteiger partial charge >= 0.3 is 0 Å². The quantitative estimate of drug-likeness (QED) is 0.283. The van der Waals surface area contributed by atoms with Crippen molar-refractivity contribution in [3.63, 3.8) is 0 Å². The summed E-state index contributed by atoms with van der Waals surface area (Å²) in [5, 5.41) is 10.6. The van der Waals surface area contributed by atoms with Crippen molar-refractivity contribution in [1.82, 2.24) is 5.43 Å². The predicted octanol–water partition coefficient (Wildman–Crippen LogP) is 1.13. The maximum Gasteiger partial charge on any atom is 0.296 e. The van der Waals surface area contributed by atoms with Crippen LogP contribution in [0.4, 0.5) is 11.4 Å². The number of nitrogen functional groups attached to an aromatic ring is 1. The molecule has 3 N–H and O–H groups in total. The molecular formula is C13H12N3O3+. The average molecular weight is 258 g/mol. The van der Waals surface area contributed by atoms with Crippen LogP contribution in [0.5, 0.6) is 0 Å². The first kappa shape index (κ1) is 12.7. The number of nitrogens with one attached hydrogen (secondary N) is 1. The molecule has 0 aromatic heterocycles. The molecule has 0 bridgehead atoms. The number of nitro groups is 1. The van der Waals surface area contributed by atoms with Crippen LogP contribution in [0.15, 0.2) is 54.6 Å². The monoisotopic (exact) mass is 258 g/mol. The minimum absolute atomic E-state index is 0.104. The lowest BCUT2D eigenvalue weighted by Crippen LogP contribution is -2.89. The fourth-order valence-corrected chi connectivity index (χ4v) is 1.54. The van der Waals surface area contributed by atoms with Crippen molar-refractivity contribution in [3.05, 3.63) is 70.3 Å². The lowest BCUT2D eigenvalue weighted by atomic mass is 10.2. The summed E-state index contributed by atoms with van der Waals surface area (Å²) in [7, 11) is 0.